The van der Waals surface area contributed by atoms with Gasteiger partial charge in [-0.1, -0.05) is 30.3 Å². The number of nitrogens with zero attached hydrogens (tertiary/aromatic N) is 4. The molecule has 28 heavy (non-hydrogen) atoms. The lowest BCUT2D eigenvalue weighted by atomic mass is 9.67. The fourth-order valence-electron chi connectivity index (χ4n) is 4.99. The standard InChI is InChI=1S/C23H32N4O/c1-4-27-17-23(14-21(22(27)28)19-8-6-5-7-9-19)10-12-26(13-11-23)16-20-15-24-25(3)18(20)2/h5-9,15,21H,4,10-14,16-17H2,1-3H3/t21-/m1/s1. The number of hydrogen-bond acceptors (Lipinski definition) is 3. The van der Waals surface area contributed by atoms with Gasteiger partial charge in [-0.25, -0.2) is 0 Å². The normalized spacial score (nSPS) is 22.8. The number of benzene rings is 1. The van der Waals surface area contributed by atoms with Crippen LogP contribution in [0, 0.1) is 12.3 Å². The lowest BCUT2D eigenvalue weighted by Gasteiger charge is -2.49. The van der Waals surface area contributed by atoms with Gasteiger partial charge in [0, 0.05) is 37.9 Å². The van der Waals surface area contributed by atoms with E-state index in [1.54, 1.807) is 0 Å². The van der Waals surface area contributed by atoms with Crippen molar-refractivity contribution in [3.8, 4) is 0 Å². The molecule has 0 saturated carbocycles. The van der Waals surface area contributed by atoms with Crippen molar-refractivity contribution in [1.29, 1.82) is 0 Å². The number of carbonyl (C=O) groups is 1. The third-order valence-electron chi connectivity index (χ3n) is 7.00. The van der Waals surface area contributed by atoms with Crippen molar-refractivity contribution >= 4 is 5.91 Å². The predicted molar refractivity (Wildman–Crippen MR) is 111 cm³/mol. The van der Waals surface area contributed by atoms with Crippen LogP contribution in [0.5, 0.6) is 0 Å². The fourth-order valence-corrected chi connectivity index (χ4v) is 4.99. The van der Waals surface area contributed by atoms with Crippen molar-refractivity contribution in [2.75, 3.05) is 26.2 Å². The molecule has 2 fully saturated rings. The molecule has 1 spiro atoms. The molecule has 1 aromatic carbocycles. The molecule has 0 unspecified atom stereocenters. The third kappa shape index (κ3) is 3.60. The van der Waals surface area contributed by atoms with E-state index >= 15 is 0 Å². The van der Waals surface area contributed by atoms with E-state index in [2.05, 4.69) is 53.0 Å². The number of hydrogen-bond donors (Lipinski definition) is 0. The first-order chi connectivity index (χ1) is 13.5. The Balaban J connectivity index is 1.47. The van der Waals surface area contributed by atoms with Gasteiger partial charge in [-0.2, -0.15) is 5.10 Å². The van der Waals surface area contributed by atoms with Gasteiger partial charge in [0.15, 0.2) is 0 Å². The number of likely N-dealkylation sites (N-methyl/N-ethyl adjacent to an activating group) is 1. The third-order valence-corrected chi connectivity index (χ3v) is 7.00. The highest BCUT2D eigenvalue weighted by molar-refractivity contribution is 5.84. The van der Waals surface area contributed by atoms with Crippen LogP contribution < -0.4 is 0 Å². The monoisotopic (exact) mass is 380 g/mol. The van der Waals surface area contributed by atoms with Crippen molar-refractivity contribution in [2.45, 2.75) is 45.6 Å². The van der Waals surface area contributed by atoms with E-state index in [1.165, 1.54) is 29.7 Å². The van der Waals surface area contributed by atoms with E-state index in [0.29, 0.717) is 5.91 Å². The van der Waals surface area contributed by atoms with E-state index in [-0.39, 0.29) is 11.3 Å². The maximum Gasteiger partial charge on any atom is 0.230 e. The molecule has 4 rings (SSSR count). The molecule has 0 radical (unpaired) electrons. The fraction of sp³-hybridized carbons (Fsp3) is 0.565. The Morgan fingerprint density at radius 1 is 1.18 bits per heavy atom. The summed E-state index contributed by atoms with van der Waals surface area (Å²) in [5.41, 5.74) is 4.02. The van der Waals surface area contributed by atoms with Crippen molar-refractivity contribution in [2.24, 2.45) is 12.5 Å². The van der Waals surface area contributed by atoms with Gasteiger partial charge in [0.1, 0.15) is 0 Å². The number of aromatic nitrogens is 2. The van der Waals surface area contributed by atoms with E-state index in [9.17, 15) is 4.79 Å². The first-order valence-electron chi connectivity index (χ1n) is 10.5. The van der Waals surface area contributed by atoms with Crippen LogP contribution >= 0.6 is 0 Å². The first kappa shape index (κ1) is 19.2. The van der Waals surface area contributed by atoms with Crippen molar-refractivity contribution < 1.29 is 4.79 Å². The zero-order chi connectivity index (χ0) is 19.7. The number of likely N-dealkylation sites (tertiary alicyclic amines) is 2. The lowest BCUT2D eigenvalue weighted by Crippen LogP contribution is -2.53. The van der Waals surface area contributed by atoms with Crippen LogP contribution in [0.4, 0.5) is 0 Å². The number of amides is 1. The summed E-state index contributed by atoms with van der Waals surface area (Å²) < 4.78 is 1.96. The quantitative estimate of drug-likeness (QED) is 0.817. The maximum atomic E-state index is 13.0. The topological polar surface area (TPSA) is 41.4 Å². The molecule has 2 saturated heterocycles. The summed E-state index contributed by atoms with van der Waals surface area (Å²) in [6, 6.07) is 10.4. The molecule has 2 aliphatic heterocycles. The summed E-state index contributed by atoms with van der Waals surface area (Å²) in [4.78, 5) is 17.7. The average molecular weight is 381 g/mol. The number of rotatable bonds is 4. The Labute approximate surface area is 168 Å². The second-order valence-corrected chi connectivity index (χ2v) is 8.67. The molecule has 2 aliphatic rings. The van der Waals surface area contributed by atoms with E-state index < -0.39 is 0 Å². The van der Waals surface area contributed by atoms with Gasteiger partial charge in [0.05, 0.1) is 12.1 Å². The van der Waals surface area contributed by atoms with Crippen LogP contribution in [-0.2, 0) is 18.4 Å². The molecule has 1 atom stereocenters. The van der Waals surface area contributed by atoms with Gasteiger partial charge in [-0.15, -0.1) is 0 Å². The Kier molecular flexibility index (Phi) is 5.28. The Morgan fingerprint density at radius 3 is 2.50 bits per heavy atom. The molecular weight excluding hydrogens is 348 g/mol. The molecule has 5 heteroatoms. The summed E-state index contributed by atoms with van der Waals surface area (Å²) in [5, 5.41) is 4.38. The second-order valence-electron chi connectivity index (χ2n) is 8.67. The van der Waals surface area contributed by atoms with Gasteiger partial charge in [0.25, 0.3) is 0 Å². The molecule has 1 aromatic heterocycles. The van der Waals surface area contributed by atoms with Crippen molar-refractivity contribution in [3.05, 3.63) is 53.3 Å². The highest BCUT2D eigenvalue weighted by atomic mass is 16.2. The molecule has 150 valence electrons. The SMILES string of the molecule is CCN1CC2(CCN(Cc3cnn(C)c3C)CC2)C[C@H](c2ccccc2)C1=O. The molecule has 2 aromatic rings. The van der Waals surface area contributed by atoms with Crippen molar-refractivity contribution in [1.82, 2.24) is 19.6 Å². The second kappa shape index (κ2) is 7.70. The average Bonchev–Trinajstić information content (AvgIpc) is 3.04. The summed E-state index contributed by atoms with van der Waals surface area (Å²) in [6.45, 7) is 9.16. The predicted octanol–water partition coefficient (Wildman–Crippen LogP) is 3.35. The van der Waals surface area contributed by atoms with Crippen LogP contribution in [0.1, 0.15) is 48.9 Å². The number of piperidine rings is 2. The maximum absolute atomic E-state index is 13.0. The van der Waals surface area contributed by atoms with Gasteiger partial charge in [0.2, 0.25) is 5.91 Å². The lowest BCUT2D eigenvalue weighted by molar-refractivity contribution is -0.141. The van der Waals surface area contributed by atoms with Gasteiger partial charge in [-0.05, 0) is 57.2 Å². The zero-order valence-corrected chi connectivity index (χ0v) is 17.4. The Bertz CT molecular complexity index is 820. The summed E-state index contributed by atoms with van der Waals surface area (Å²) in [7, 11) is 2.01. The van der Waals surface area contributed by atoms with Gasteiger partial charge < -0.3 is 4.90 Å². The highest BCUT2D eigenvalue weighted by Crippen LogP contribution is 2.45. The molecule has 1 amide bonds. The van der Waals surface area contributed by atoms with Crippen LogP contribution in [-0.4, -0.2) is 51.7 Å². The van der Waals surface area contributed by atoms with E-state index in [1.807, 2.05) is 24.0 Å². The van der Waals surface area contributed by atoms with Crippen LogP contribution in [0.3, 0.4) is 0 Å². The van der Waals surface area contributed by atoms with Gasteiger partial charge in [-0.3, -0.25) is 14.4 Å². The number of carbonyl (C=O) groups excluding carboxylic acids is 1. The van der Waals surface area contributed by atoms with Gasteiger partial charge >= 0.3 is 0 Å². The van der Waals surface area contributed by atoms with E-state index in [0.717, 1.165) is 39.1 Å². The molecule has 3 heterocycles. The molecule has 0 bridgehead atoms. The van der Waals surface area contributed by atoms with Crippen molar-refractivity contribution in [3.63, 3.8) is 0 Å². The smallest absolute Gasteiger partial charge is 0.230 e. The van der Waals surface area contributed by atoms with Crippen LogP contribution in [0.25, 0.3) is 0 Å². The number of aryl methyl sites for hydroxylation is 1. The minimum absolute atomic E-state index is 0.0158. The van der Waals surface area contributed by atoms with Crippen LogP contribution in [0.15, 0.2) is 36.5 Å². The molecule has 0 N–H and O–H groups in total. The minimum atomic E-state index is 0.0158. The Hall–Kier alpha value is -2.14. The molecule has 0 aliphatic carbocycles. The summed E-state index contributed by atoms with van der Waals surface area (Å²) >= 11 is 0. The first-order valence-corrected chi connectivity index (χ1v) is 10.5. The summed E-state index contributed by atoms with van der Waals surface area (Å²) in [6.07, 6.45) is 5.33. The minimum Gasteiger partial charge on any atom is -0.342 e. The molecule has 5 nitrogen and oxygen atoms in total. The molecular formula is C23H32N4O. The Morgan fingerprint density at radius 2 is 1.89 bits per heavy atom. The summed E-state index contributed by atoms with van der Waals surface area (Å²) in [5.74, 6) is 0.328. The van der Waals surface area contributed by atoms with E-state index in [4.69, 9.17) is 0 Å². The van der Waals surface area contributed by atoms with Crippen LogP contribution in [0.2, 0.25) is 0 Å². The largest absolute Gasteiger partial charge is 0.342 e. The zero-order valence-electron chi connectivity index (χ0n) is 17.4. The highest BCUT2D eigenvalue weighted by Gasteiger charge is 2.45.